The zero-order valence-electron chi connectivity index (χ0n) is 7.96. The van der Waals surface area contributed by atoms with Crippen LogP contribution in [-0.4, -0.2) is 55.5 Å². The lowest BCUT2D eigenvalue weighted by atomic mass is 10.6. The molecular formula is C7H20N3O+. The van der Waals surface area contributed by atoms with E-state index >= 15 is 0 Å². The summed E-state index contributed by atoms with van der Waals surface area (Å²) in [7, 11) is 6.13. The predicted molar refractivity (Wildman–Crippen MR) is 45.5 cm³/mol. The topological polar surface area (TPSA) is 35.5 Å². The second-order valence-corrected chi connectivity index (χ2v) is 3.42. The first-order valence-electron chi connectivity index (χ1n) is 3.94. The molecule has 0 aliphatic rings. The summed E-state index contributed by atoms with van der Waals surface area (Å²) < 4.78 is 0.674. The van der Waals surface area contributed by atoms with Gasteiger partial charge in [-0.15, -0.1) is 0 Å². The molecule has 0 aliphatic heterocycles. The summed E-state index contributed by atoms with van der Waals surface area (Å²) in [5.74, 6) is 0. The fraction of sp³-hybridized carbons (Fsp3) is 1.00. The normalized spacial score (nSPS) is 12.5. The Morgan fingerprint density at radius 2 is 1.91 bits per heavy atom. The monoisotopic (exact) mass is 162 g/mol. The molecule has 0 bridgehead atoms. The van der Waals surface area contributed by atoms with E-state index < -0.39 is 0 Å². The number of hydrazine groups is 1. The minimum absolute atomic E-state index is 0.195. The van der Waals surface area contributed by atoms with Crippen LogP contribution in [0.4, 0.5) is 0 Å². The van der Waals surface area contributed by atoms with Gasteiger partial charge in [0, 0.05) is 13.1 Å². The molecular weight excluding hydrogens is 142 g/mol. The highest BCUT2D eigenvalue weighted by Gasteiger charge is 2.10. The van der Waals surface area contributed by atoms with Gasteiger partial charge >= 0.3 is 0 Å². The molecule has 0 fully saturated rings. The van der Waals surface area contributed by atoms with Crippen molar-refractivity contribution >= 4 is 0 Å². The largest absolute Gasteiger partial charge is 0.395 e. The zero-order chi connectivity index (χ0) is 8.91. The number of rotatable bonds is 5. The first-order valence-corrected chi connectivity index (χ1v) is 3.94. The molecule has 0 amide bonds. The fourth-order valence-electron chi connectivity index (χ4n) is 0.824. The van der Waals surface area contributed by atoms with Gasteiger partial charge in [0.05, 0.1) is 27.7 Å². The highest BCUT2D eigenvalue weighted by Crippen LogP contribution is 1.87. The van der Waals surface area contributed by atoms with Gasteiger partial charge in [-0.25, -0.2) is 4.59 Å². The second-order valence-electron chi connectivity index (χ2n) is 3.42. The summed E-state index contributed by atoms with van der Waals surface area (Å²) in [5.41, 5.74) is 3.22. The summed E-state index contributed by atoms with van der Waals surface area (Å²) in [6.45, 7) is 3.82. The van der Waals surface area contributed by atoms with Gasteiger partial charge < -0.3 is 5.11 Å². The number of aliphatic hydroxyl groups is 1. The molecule has 0 aromatic heterocycles. The van der Waals surface area contributed by atoms with Crippen molar-refractivity contribution in [2.24, 2.45) is 0 Å². The van der Waals surface area contributed by atoms with Crippen molar-refractivity contribution in [2.75, 3.05) is 40.8 Å². The van der Waals surface area contributed by atoms with Gasteiger partial charge in [0.25, 0.3) is 0 Å². The molecule has 4 nitrogen and oxygen atoms in total. The van der Waals surface area contributed by atoms with Crippen molar-refractivity contribution in [3.8, 4) is 0 Å². The number of nitrogens with zero attached hydrogens (tertiary/aromatic N) is 2. The number of likely N-dealkylation sites (N-methyl/N-ethyl adjacent to an activating group) is 1. The van der Waals surface area contributed by atoms with Crippen LogP contribution < -0.4 is 5.53 Å². The lowest BCUT2D eigenvalue weighted by Gasteiger charge is -2.30. The molecule has 68 valence electrons. The van der Waals surface area contributed by atoms with Crippen LogP contribution in [0.5, 0.6) is 0 Å². The molecule has 0 aromatic rings. The first-order chi connectivity index (χ1) is 4.99. The van der Waals surface area contributed by atoms with Crippen LogP contribution in [0.1, 0.15) is 6.92 Å². The van der Waals surface area contributed by atoms with E-state index in [-0.39, 0.29) is 6.61 Å². The first kappa shape index (κ1) is 10.8. The van der Waals surface area contributed by atoms with Gasteiger partial charge in [-0.3, -0.25) is 0 Å². The smallest absolute Gasteiger partial charge is 0.0865 e. The minimum Gasteiger partial charge on any atom is -0.395 e. The maximum absolute atomic E-state index is 8.68. The Labute approximate surface area is 68.9 Å². The quantitative estimate of drug-likeness (QED) is 0.420. The van der Waals surface area contributed by atoms with Crippen molar-refractivity contribution < 1.29 is 9.70 Å². The van der Waals surface area contributed by atoms with Crippen LogP contribution >= 0.6 is 0 Å². The van der Waals surface area contributed by atoms with Crippen LogP contribution in [0.25, 0.3) is 0 Å². The van der Waals surface area contributed by atoms with Crippen LogP contribution in [0.15, 0.2) is 0 Å². The standard InChI is InChI=1S/C7H20N3O/c1-5-9(6-7-11)8-10(2,3)4/h8,11H,5-7H2,1-4H3/q+1. The highest BCUT2D eigenvalue weighted by atomic mass is 16.3. The lowest BCUT2D eigenvalue weighted by Crippen LogP contribution is -2.57. The van der Waals surface area contributed by atoms with Crippen molar-refractivity contribution in [1.82, 2.24) is 10.5 Å². The molecule has 0 saturated heterocycles. The third kappa shape index (κ3) is 6.25. The van der Waals surface area contributed by atoms with Gasteiger partial charge in [-0.05, 0) is 0 Å². The van der Waals surface area contributed by atoms with E-state index in [1.165, 1.54) is 0 Å². The van der Waals surface area contributed by atoms with Crippen molar-refractivity contribution in [1.29, 1.82) is 0 Å². The zero-order valence-corrected chi connectivity index (χ0v) is 7.96. The summed E-state index contributed by atoms with van der Waals surface area (Å²) >= 11 is 0. The molecule has 0 spiro atoms. The molecule has 11 heavy (non-hydrogen) atoms. The Kier molecular flexibility index (Phi) is 4.60. The summed E-state index contributed by atoms with van der Waals surface area (Å²) in [5, 5.41) is 10.7. The summed E-state index contributed by atoms with van der Waals surface area (Å²) in [6.07, 6.45) is 0. The molecule has 0 heterocycles. The molecule has 0 saturated carbocycles. The maximum Gasteiger partial charge on any atom is 0.0865 e. The van der Waals surface area contributed by atoms with Gasteiger partial charge in [0.15, 0.2) is 0 Å². The second kappa shape index (κ2) is 4.66. The van der Waals surface area contributed by atoms with E-state index in [1.54, 1.807) is 0 Å². The number of nitrogens with one attached hydrogen (secondary N) is 1. The Balaban J connectivity index is 3.68. The number of quaternary nitrogens is 1. The van der Waals surface area contributed by atoms with Crippen molar-refractivity contribution in [3.63, 3.8) is 0 Å². The predicted octanol–water partition coefficient (Wildman–Crippen LogP) is -0.574. The van der Waals surface area contributed by atoms with Gasteiger partial charge in [0.1, 0.15) is 0 Å². The number of aliphatic hydroxyl groups excluding tert-OH is 1. The Morgan fingerprint density at radius 1 is 1.36 bits per heavy atom. The molecule has 0 radical (unpaired) electrons. The third-order valence-corrected chi connectivity index (χ3v) is 1.19. The molecule has 2 N–H and O–H groups in total. The Hall–Kier alpha value is -0.160. The van der Waals surface area contributed by atoms with E-state index in [4.69, 9.17) is 5.11 Å². The van der Waals surface area contributed by atoms with Crippen LogP contribution in [-0.2, 0) is 0 Å². The van der Waals surface area contributed by atoms with Crippen LogP contribution in [0.2, 0.25) is 0 Å². The SMILES string of the molecule is CCN(CCO)N[N+](C)(C)C. The van der Waals surface area contributed by atoms with E-state index in [0.717, 1.165) is 6.54 Å². The number of hydrogen-bond acceptors (Lipinski definition) is 3. The van der Waals surface area contributed by atoms with E-state index in [1.807, 2.05) is 26.2 Å². The van der Waals surface area contributed by atoms with Gasteiger partial charge in [-0.1, -0.05) is 12.5 Å². The Morgan fingerprint density at radius 3 is 2.18 bits per heavy atom. The summed E-state index contributed by atoms with van der Waals surface area (Å²) in [4.78, 5) is 0. The van der Waals surface area contributed by atoms with Crippen molar-refractivity contribution in [2.45, 2.75) is 6.92 Å². The van der Waals surface area contributed by atoms with Crippen LogP contribution in [0.3, 0.4) is 0 Å². The molecule has 0 rings (SSSR count). The molecule has 0 unspecified atom stereocenters. The molecule has 0 aliphatic carbocycles. The average Bonchev–Trinajstić information content (AvgIpc) is 1.84. The molecule has 0 atom stereocenters. The molecule has 4 heteroatoms. The van der Waals surface area contributed by atoms with Crippen molar-refractivity contribution in [3.05, 3.63) is 0 Å². The fourth-order valence-corrected chi connectivity index (χ4v) is 0.824. The average molecular weight is 162 g/mol. The van der Waals surface area contributed by atoms with E-state index in [2.05, 4.69) is 12.5 Å². The lowest BCUT2D eigenvalue weighted by molar-refractivity contribution is -0.931. The van der Waals surface area contributed by atoms with Gasteiger partial charge in [-0.2, -0.15) is 5.01 Å². The summed E-state index contributed by atoms with van der Waals surface area (Å²) in [6, 6.07) is 0. The highest BCUT2D eigenvalue weighted by molar-refractivity contribution is 4.40. The van der Waals surface area contributed by atoms with E-state index in [9.17, 15) is 0 Å². The maximum atomic E-state index is 8.68. The van der Waals surface area contributed by atoms with Gasteiger partial charge in [0.2, 0.25) is 0 Å². The Bertz CT molecular complexity index is 100. The number of hydrogen-bond donors (Lipinski definition) is 2. The molecule has 0 aromatic carbocycles. The van der Waals surface area contributed by atoms with Crippen LogP contribution in [0, 0.1) is 0 Å². The third-order valence-electron chi connectivity index (χ3n) is 1.19. The van der Waals surface area contributed by atoms with E-state index in [0.29, 0.717) is 11.1 Å². The minimum atomic E-state index is 0.195.